The van der Waals surface area contributed by atoms with E-state index in [0.29, 0.717) is 26.2 Å². The summed E-state index contributed by atoms with van der Waals surface area (Å²) in [7, 11) is 1.64. The zero-order chi connectivity index (χ0) is 24.9. The maximum atomic E-state index is 13.1. The SMILES string of the molecule is CCOc1ccccc1N1CC(c2nc3ccccc3n2CCCOc2ccccc2OC)CC1=O. The van der Waals surface area contributed by atoms with Crippen LogP contribution in [0.15, 0.2) is 72.8 Å². The zero-order valence-corrected chi connectivity index (χ0v) is 20.7. The average molecular weight is 486 g/mol. The lowest BCUT2D eigenvalue weighted by Crippen LogP contribution is -2.25. The fourth-order valence-corrected chi connectivity index (χ4v) is 4.85. The van der Waals surface area contributed by atoms with E-state index in [1.807, 2.05) is 78.6 Å². The van der Waals surface area contributed by atoms with Crippen molar-refractivity contribution in [2.75, 3.05) is 31.8 Å². The van der Waals surface area contributed by atoms with E-state index in [-0.39, 0.29) is 11.8 Å². The van der Waals surface area contributed by atoms with Crippen molar-refractivity contribution in [3.63, 3.8) is 0 Å². The van der Waals surface area contributed by atoms with Crippen LogP contribution in [0.1, 0.15) is 31.5 Å². The number of para-hydroxylation sites is 6. The Kier molecular flexibility index (Phi) is 7.07. The molecule has 7 nitrogen and oxygen atoms in total. The Morgan fingerprint density at radius 2 is 1.64 bits per heavy atom. The molecule has 1 aliphatic heterocycles. The number of aromatic nitrogens is 2. The van der Waals surface area contributed by atoms with Crippen LogP contribution in [-0.4, -0.2) is 42.3 Å². The number of hydrogen-bond acceptors (Lipinski definition) is 5. The number of rotatable bonds is 10. The fraction of sp³-hybridized carbons (Fsp3) is 0.310. The van der Waals surface area contributed by atoms with E-state index < -0.39 is 0 Å². The van der Waals surface area contributed by atoms with Gasteiger partial charge in [-0.2, -0.15) is 0 Å². The van der Waals surface area contributed by atoms with Gasteiger partial charge in [-0.3, -0.25) is 4.79 Å². The molecule has 0 bridgehead atoms. The molecule has 36 heavy (non-hydrogen) atoms. The van der Waals surface area contributed by atoms with Crippen molar-refractivity contribution < 1.29 is 19.0 Å². The molecule has 0 saturated carbocycles. The van der Waals surface area contributed by atoms with Gasteiger partial charge in [-0.25, -0.2) is 4.98 Å². The zero-order valence-electron chi connectivity index (χ0n) is 20.7. The number of imidazole rings is 1. The third-order valence-electron chi connectivity index (χ3n) is 6.48. The molecule has 1 atom stereocenters. The minimum absolute atomic E-state index is 0.00489. The van der Waals surface area contributed by atoms with Crippen LogP contribution in [0.4, 0.5) is 5.69 Å². The van der Waals surface area contributed by atoms with Crippen molar-refractivity contribution in [1.29, 1.82) is 0 Å². The Morgan fingerprint density at radius 3 is 2.44 bits per heavy atom. The standard InChI is InChI=1S/C29H31N3O4/c1-3-35-25-14-7-6-13-24(25)32-20-21(19-28(32)33)29-30-22-11-4-5-12-23(22)31(29)17-10-18-36-27-16-9-8-15-26(27)34-2/h4-9,11-16,21H,3,10,17-20H2,1-2H3. The van der Waals surface area contributed by atoms with Gasteiger partial charge in [0.15, 0.2) is 11.5 Å². The number of hydrogen-bond donors (Lipinski definition) is 0. The number of benzene rings is 3. The minimum Gasteiger partial charge on any atom is -0.493 e. The lowest BCUT2D eigenvalue weighted by molar-refractivity contribution is -0.117. The van der Waals surface area contributed by atoms with E-state index in [1.54, 1.807) is 7.11 Å². The summed E-state index contributed by atoms with van der Waals surface area (Å²) in [6.45, 7) is 4.36. The molecule has 5 rings (SSSR count). The van der Waals surface area contributed by atoms with Crippen LogP contribution in [0.2, 0.25) is 0 Å². The molecule has 1 saturated heterocycles. The van der Waals surface area contributed by atoms with Crippen molar-refractivity contribution >= 4 is 22.6 Å². The highest BCUT2D eigenvalue weighted by molar-refractivity contribution is 5.97. The Bertz CT molecular complexity index is 1350. The molecular formula is C29H31N3O4. The monoisotopic (exact) mass is 485 g/mol. The van der Waals surface area contributed by atoms with E-state index in [2.05, 4.69) is 10.6 Å². The van der Waals surface area contributed by atoms with Gasteiger partial charge in [0.1, 0.15) is 11.6 Å². The van der Waals surface area contributed by atoms with Gasteiger partial charge in [-0.1, -0.05) is 36.4 Å². The van der Waals surface area contributed by atoms with Gasteiger partial charge in [0.05, 0.1) is 37.0 Å². The van der Waals surface area contributed by atoms with Crippen molar-refractivity contribution in [3.8, 4) is 17.2 Å². The van der Waals surface area contributed by atoms with Crippen molar-refractivity contribution in [2.24, 2.45) is 0 Å². The van der Waals surface area contributed by atoms with Crippen LogP contribution in [-0.2, 0) is 11.3 Å². The highest BCUT2D eigenvalue weighted by Crippen LogP contribution is 2.37. The third kappa shape index (κ3) is 4.73. The van der Waals surface area contributed by atoms with Crippen molar-refractivity contribution in [3.05, 3.63) is 78.6 Å². The van der Waals surface area contributed by atoms with Crippen LogP contribution in [0, 0.1) is 0 Å². The second-order valence-corrected chi connectivity index (χ2v) is 8.77. The highest BCUT2D eigenvalue weighted by Gasteiger charge is 2.36. The van der Waals surface area contributed by atoms with Crippen LogP contribution >= 0.6 is 0 Å². The van der Waals surface area contributed by atoms with Crippen LogP contribution < -0.4 is 19.1 Å². The molecule has 186 valence electrons. The van der Waals surface area contributed by atoms with E-state index in [4.69, 9.17) is 19.2 Å². The van der Waals surface area contributed by atoms with Crippen molar-refractivity contribution in [1.82, 2.24) is 9.55 Å². The molecule has 0 N–H and O–H groups in total. The summed E-state index contributed by atoms with van der Waals surface area (Å²) >= 11 is 0. The van der Waals surface area contributed by atoms with Gasteiger partial charge in [0.2, 0.25) is 5.91 Å². The van der Waals surface area contributed by atoms with Gasteiger partial charge in [0, 0.05) is 25.4 Å². The number of anilines is 1. The largest absolute Gasteiger partial charge is 0.493 e. The van der Waals surface area contributed by atoms with E-state index in [1.165, 1.54) is 0 Å². The minimum atomic E-state index is -0.00489. The number of ether oxygens (including phenoxy) is 3. The quantitative estimate of drug-likeness (QED) is 0.280. The van der Waals surface area contributed by atoms with Gasteiger partial charge < -0.3 is 23.7 Å². The molecule has 2 heterocycles. The Hall–Kier alpha value is -4.00. The molecule has 7 heteroatoms. The smallest absolute Gasteiger partial charge is 0.227 e. The normalized spacial score (nSPS) is 15.4. The maximum Gasteiger partial charge on any atom is 0.227 e. The number of carbonyl (C=O) groups excluding carboxylic acids is 1. The number of nitrogens with zero attached hydrogens (tertiary/aromatic N) is 3. The van der Waals surface area contributed by atoms with E-state index in [9.17, 15) is 4.79 Å². The summed E-state index contributed by atoms with van der Waals surface area (Å²) < 4.78 is 19.4. The molecule has 0 radical (unpaired) electrons. The van der Waals surface area contributed by atoms with E-state index >= 15 is 0 Å². The van der Waals surface area contributed by atoms with Gasteiger partial charge >= 0.3 is 0 Å². The summed E-state index contributed by atoms with van der Waals surface area (Å²) in [5, 5.41) is 0. The molecule has 1 amide bonds. The Labute approximate surface area is 211 Å². The second kappa shape index (κ2) is 10.7. The number of fused-ring (bicyclic) bond motifs is 1. The summed E-state index contributed by atoms with van der Waals surface area (Å²) in [5.74, 6) is 3.22. The molecule has 1 unspecified atom stereocenters. The molecular weight excluding hydrogens is 454 g/mol. The first kappa shape index (κ1) is 23.7. The molecule has 0 aliphatic carbocycles. The number of aryl methyl sites for hydroxylation is 1. The number of methoxy groups -OCH3 is 1. The Balaban J connectivity index is 1.35. The van der Waals surface area contributed by atoms with Crippen LogP contribution in [0.5, 0.6) is 17.2 Å². The first-order valence-electron chi connectivity index (χ1n) is 12.4. The number of amides is 1. The van der Waals surface area contributed by atoms with Crippen molar-refractivity contribution in [2.45, 2.75) is 32.2 Å². The predicted octanol–water partition coefficient (Wildman–Crippen LogP) is 5.43. The fourth-order valence-electron chi connectivity index (χ4n) is 4.85. The first-order valence-corrected chi connectivity index (χ1v) is 12.4. The molecule has 1 aromatic heterocycles. The first-order chi connectivity index (χ1) is 17.7. The highest BCUT2D eigenvalue weighted by atomic mass is 16.5. The molecule has 4 aromatic rings. The van der Waals surface area contributed by atoms with Crippen LogP contribution in [0.3, 0.4) is 0 Å². The summed E-state index contributed by atoms with van der Waals surface area (Å²) in [4.78, 5) is 19.9. The van der Waals surface area contributed by atoms with Gasteiger partial charge in [-0.05, 0) is 49.7 Å². The lowest BCUT2D eigenvalue weighted by Gasteiger charge is -2.20. The lowest BCUT2D eigenvalue weighted by atomic mass is 10.1. The molecule has 1 fully saturated rings. The molecule has 3 aromatic carbocycles. The molecule has 0 spiro atoms. The Morgan fingerprint density at radius 1 is 0.917 bits per heavy atom. The van der Waals surface area contributed by atoms with E-state index in [0.717, 1.165) is 52.8 Å². The molecule has 1 aliphatic rings. The topological polar surface area (TPSA) is 65.8 Å². The maximum absolute atomic E-state index is 13.1. The van der Waals surface area contributed by atoms with Crippen LogP contribution in [0.25, 0.3) is 11.0 Å². The predicted molar refractivity (Wildman–Crippen MR) is 140 cm³/mol. The van der Waals surface area contributed by atoms with Gasteiger partial charge in [-0.15, -0.1) is 0 Å². The average Bonchev–Trinajstić information content (AvgIpc) is 3.47. The van der Waals surface area contributed by atoms with Gasteiger partial charge in [0.25, 0.3) is 0 Å². The summed E-state index contributed by atoms with van der Waals surface area (Å²) in [6, 6.07) is 23.5. The number of carbonyl (C=O) groups is 1. The third-order valence-corrected chi connectivity index (χ3v) is 6.48. The second-order valence-electron chi connectivity index (χ2n) is 8.77. The summed E-state index contributed by atoms with van der Waals surface area (Å²) in [5.41, 5.74) is 2.84. The summed E-state index contributed by atoms with van der Waals surface area (Å²) in [6.07, 6.45) is 1.21.